The average molecular weight is 352 g/mol. The zero-order chi connectivity index (χ0) is 16.4. The molecule has 1 aliphatic rings. The molecule has 0 aliphatic carbocycles. The maximum Gasteiger partial charge on any atom is 0.254 e. The molecule has 2 heterocycles. The molecule has 1 amide bonds. The Balaban J connectivity index is 1.92. The predicted molar refractivity (Wildman–Crippen MR) is 91.9 cm³/mol. The highest BCUT2D eigenvalue weighted by molar-refractivity contribution is 7.10. The monoisotopic (exact) mass is 351 g/mol. The van der Waals surface area contributed by atoms with Gasteiger partial charge >= 0.3 is 0 Å². The van der Waals surface area contributed by atoms with E-state index in [1.165, 1.54) is 19.1 Å². The van der Waals surface area contributed by atoms with Crippen LogP contribution in [0.3, 0.4) is 0 Å². The number of ether oxygens (including phenoxy) is 2. The predicted octanol–water partition coefficient (Wildman–Crippen LogP) is 4.40. The van der Waals surface area contributed by atoms with Gasteiger partial charge in [0, 0.05) is 17.0 Å². The molecular weight excluding hydrogens is 334 g/mol. The molecule has 0 N–H and O–H groups in total. The fourth-order valence-electron chi connectivity index (χ4n) is 2.99. The fraction of sp³-hybridized carbons (Fsp3) is 0.353. The second-order valence-electron chi connectivity index (χ2n) is 5.37. The normalized spacial score (nSPS) is 17.3. The van der Waals surface area contributed by atoms with Crippen molar-refractivity contribution >= 4 is 28.8 Å². The molecule has 1 aromatic carbocycles. The van der Waals surface area contributed by atoms with E-state index in [0.29, 0.717) is 22.1 Å². The lowest BCUT2D eigenvalue weighted by atomic mass is 10.1. The number of carbonyl (C=O) groups excluding carboxylic acids is 1. The van der Waals surface area contributed by atoms with Gasteiger partial charge in [0.15, 0.2) is 11.5 Å². The van der Waals surface area contributed by atoms with Crippen LogP contribution >= 0.6 is 22.9 Å². The Kier molecular flexibility index (Phi) is 4.78. The van der Waals surface area contributed by atoms with Crippen LogP contribution < -0.4 is 9.47 Å². The van der Waals surface area contributed by atoms with E-state index in [2.05, 4.69) is 6.07 Å². The molecule has 1 fully saturated rings. The highest BCUT2D eigenvalue weighted by atomic mass is 35.5. The van der Waals surface area contributed by atoms with Gasteiger partial charge in [-0.05, 0) is 36.4 Å². The van der Waals surface area contributed by atoms with Crippen molar-refractivity contribution in [3.05, 3.63) is 45.1 Å². The summed E-state index contributed by atoms with van der Waals surface area (Å²) in [5.41, 5.74) is 0.524. The van der Waals surface area contributed by atoms with E-state index in [9.17, 15) is 4.79 Å². The lowest BCUT2D eigenvalue weighted by Gasteiger charge is -2.24. The summed E-state index contributed by atoms with van der Waals surface area (Å²) in [6.45, 7) is 0.757. The SMILES string of the molecule is COc1cc(C(=O)N2CCCC2c2cccs2)cc(Cl)c1OC. The minimum absolute atomic E-state index is 0.0243. The van der Waals surface area contributed by atoms with Crippen LogP contribution in [-0.2, 0) is 0 Å². The number of rotatable bonds is 4. The van der Waals surface area contributed by atoms with E-state index < -0.39 is 0 Å². The number of hydrogen-bond acceptors (Lipinski definition) is 4. The topological polar surface area (TPSA) is 38.8 Å². The van der Waals surface area contributed by atoms with E-state index in [-0.39, 0.29) is 11.9 Å². The van der Waals surface area contributed by atoms with Gasteiger partial charge in [-0.1, -0.05) is 17.7 Å². The van der Waals surface area contributed by atoms with Crippen LogP contribution in [0.4, 0.5) is 0 Å². The number of nitrogens with zero attached hydrogens (tertiary/aromatic N) is 1. The van der Waals surface area contributed by atoms with Crippen molar-refractivity contribution in [2.45, 2.75) is 18.9 Å². The Morgan fingerprint density at radius 2 is 2.17 bits per heavy atom. The maximum atomic E-state index is 12.9. The maximum absolute atomic E-state index is 12.9. The van der Waals surface area contributed by atoms with Gasteiger partial charge in [-0.3, -0.25) is 4.79 Å². The van der Waals surface area contributed by atoms with Crippen LogP contribution in [0.15, 0.2) is 29.6 Å². The van der Waals surface area contributed by atoms with E-state index >= 15 is 0 Å². The Hall–Kier alpha value is -1.72. The highest BCUT2D eigenvalue weighted by Crippen LogP contribution is 2.39. The lowest BCUT2D eigenvalue weighted by Crippen LogP contribution is -2.30. The molecule has 122 valence electrons. The summed E-state index contributed by atoms with van der Waals surface area (Å²) < 4.78 is 10.5. The summed E-state index contributed by atoms with van der Waals surface area (Å²) in [6.07, 6.45) is 2.00. The highest BCUT2D eigenvalue weighted by Gasteiger charge is 2.31. The molecule has 23 heavy (non-hydrogen) atoms. The lowest BCUT2D eigenvalue weighted by molar-refractivity contribution is 0.0737. The summed E-state index contributed by atoms with van der Waals surface area (Å²) in [5.74, 6) is 0.890. The van der Waals surface area contributed by atoms with Gasteiger partial charge in [-0.15, -0.1) is 11.3 Å². The molecule has 1 aliphatic heterocycles. The van der Waals surface area contributed by atoms with Crippen molar-refractivity contribution < 1.29 is 14.3 Å². The minimum atomic E-state index is -0.0243. The molecule has 1 saturated heterocycles. The van der Waals surface area contributed by atoms with Crippen molar-refractivity contribution in [3.8, 4) is 11.5 Å². The number of hydrogen-bond donors (Lipinski definition) is 0. The molecule has 1 atom stereocenters. The van der Waals surface area contributed by atoms with Crippen LogP contribution in [-0.4, -0.2) is 31.6 Å². The van der Waals surface area contributed by atoms with E-state index in [0.717, 1.165) is 19.4 Å². The van der Waals surface area contributed by atoms with Gasteiger partial charge in [0.05, 0.1) is 25.3 Å². The van der Waals surface area contributed by atoms with Gasteiger partial charge < -0.3 is 14.4 Å². The molecule has 1 unspecified atom stereocenters. The number of carbonyl (C=O) groups is 1. The number of amides is 1. The third kappa shape index (κ3) is 3.03. The first-order valence-electron chi connectivity index (χ1n) is 7.41. The standard InChI is InChI=1S/C17H18ClNO3S/c1-21-14-10-11(9-12(18)16(14)22-2)17(20)19-7-3-5-13(19)15-6-4-8-23-15/h4,6,8-10,13H,3,5,7H2,1-2H3. The smallest absolute Gasteiger partial charge is 0.254 e. The number of likely N-dealkylation sites (tertiary alicyclic amines) is 1. The molecule has 0 bridgehead atoms. The van der Waals surface area contributed by atoms with E-state index in [4.69, 9.17) is 21.1 Å². The van der Waals surface area contributed by atoms with Crippen LogP contribution in [0.5, 0.6) is 11.5 Å². The summed E-state index contributed by atoms with van der Waals surface area (Å²) in [7, 11) is 3.06. The van der Waals surface area contributed by atoms with Crippen molar-refractivity contribution in [3.63, 3.8) is 0 Å². The molecule has 6 heteroatoms. The molecule has 0 radical (unpaired) electrons. The van der Waals surface area contributed by atoms with Gasteiger partial charge in [0.25, 0.3) is 5.91 Å². The van der Waals surface area contributed by atoms with Crippen molar-refractivity contribution in [1.82, 2.24) is 4.90 Å². The first-order chi connectivity index (χ1) is 11.2. The molecule has 3 rings (SSSR count). The van der Waals surface area contributed by atoms with Crippen LogP contribution in [0.2, 0.25) is 5.02 Å². The zero-order valence-electron chi connectivity index (χ0n) is 13.0. The summed E-state index contributed by atoms with van der Waals surface area (Å²) in [4.78, 5) is 16.1. The van der Waals surface area contributed by atoms with Gasteiger partial charge in [-0.2, -0.15) is 0 Å². The largest absolute Gasteiger partial charge is 0.493 e. The molecule has 4 nitrogen and oxygen atoms in total. The minimum Gasteiger partial charge on any atom is -0.493 e. The molecule has 2 aromatic rings. The van der Waals surface area contributed by atoms with Gasteiger partial charge in [0.1, 0.15) is 0 Å². The summed E-state index contributed by atoms with van der Waals surface area (Å²) in [5, 5.41) is 2.42. The second-order valence-corrected chi connectivity index (χ2v) is 6.75. The van der Waals surface area contributed by atoms with Crippen LogP contribution in [0.1, 0.15) is 34.1 Å². The van der Waals surface area contributed by atoms with Gasteiger partial charge in [0.2, 0.25) is 0 Å². The second kappa shape index (κ2) is 6.81. The Bertz CT molecular complexity index is 702. The number of thiophene rings is 1. The van der Waals surface area contributed by atoms with E-state index in [1.807, 2.05) is 16.3 Å². The first kappa shape index (κ1) is 16.1. The van der Waals surface area contributed by atoms with E-state index in [1.54, 1.807) is 23.5 Å². The summed E-state index contributed by atoms with van der Waals surface area (Å²) in [6, 6.07) is 7.59. The van der Waals surface area contributed by atoms with Crippen LogP contribution in [0, 0.1) is 0 Å². The van der Waals surface area contributed by atoms with Gasteiger partial charge in [-0.25, -0.2) is 0 Å². The third-order valence-corrected chi connectivity index (χ3v) is 5.32. The Labute approximate surface area is 144 Å². The average Bonchev–Trinajstić information content (AvgIpc) is 3.23. The zero-order valence-corrected chi connectivity index (χ0v) is 14.6. The fourth-order valence-corrected chi connectivity index (χ4v) is 4.16. The molecule has 0 spiro atoms. The van der Waals surface area contributed by atoms with Crippen molar-refractivity contribution in [1.29, 1.82) is 0 Å². The van der Waals surface area contributed by atoms with Crippen molar-refractivity contribution in [2.24, 2.45) is 0 Å². The third-order valence-electron chi connectivity index (χ3n) is 4.07. The molecular formula is C17H18ClNO3S. The number of benzene rings is 1. The molecule has 0 saturated carbocycles. The quantitative estimate of drug-likeness (QED) is 0.819. The Morgan fingerprint density at radius 3 is 2.83 bits per heavy atom. The molecule has 1 aromatic heterocycles. The Morgan fingerprint density at radius 1 is 1.35 bits per heavy atom. The number of methoxy groups -OCH3 is 2. The van der Waals surface area contributed by atoms with Crippen LogP contribution in [0.25, 0.3) is 0 Å². The van der Waals surface area contributed by atoms with Crippen molar-refractivity contribution in [2.75, 3.05) is 20.8 Å². The summed E-state index contributed by atoms with van der Waals surface area (Å²) >= 11 is 7.92. The first-order valence-corrected chi connectivity index (χ1v) is 8.67. The number of halogens is 1.